The van der Waals surface area contributed by atoms with E-state index < -0.39 is 17.8 Å². The van der Waals surface area contributed by atoms with Crippen molar-refractivity contribution in [1.82, 2.24) is 0 Å². The summed E-state index contributed by atoms with van der Waals surface area (Å²) in [5, 5.41) is 10.6. The highest BCUT2D eigenvalue weighted by Gasteiger charge is 2.34. The first-order valence-electron chi connectivity index (χ1n) is 7.42. The molecule has 0 aromatic heterocycles. The Morgan fingerprint density at radius 1 is 0.920 bits per heavy atom. The Morgan fingerprint density at radius 3 is 2.40 bits per heavy atom. The number of amides is 2. The average Bonchev–Trinajstić information content (AvgIpc) is 2.59. The summed E-state index contributed by atoms with van der Waals surface area (Å²) in [6.45, 7) is 0. The lowest BCUT2D eigenvalue weighted by molar-refractivity contribution is 0.0695. The molecule has 0 bridgehead atoms. The number of hydrogen-bond acceptors (Lipinski definition) is 3. The van der Waals surface area contributed by atoms with Crippen LogP contribution in [0.2, 0.25) is 0 Å². The van der Waals surface area contributed by atoms with Gasteiger partial charge in [0, 0.05) is 15.4 Å². The lowest BCUT2D eigenvalue weighted by atomic mass is 9.93. The van der Waals surface area contributed by atoms with Gasteiger partial charge >= 0.3 is 5.97 Å². The van der Waals surface area contributed by atoms with E-state index in [0.717, 1.165) is 14.8 Å². The van der Waals surface area contributed by atoms with Crippen LogP contribution in [0.1, 0.15) is 31.1 Å². The molecule has 1 aliphatic rings. The maximum absolute atomic E-state index is 13.0. The van der Waals surface area contributed by atoms with Crippen molar-refractivity contribution >= 4 is 50.2 Å². The van der Waals surface area contributed by atoms with E-state index in [-0.39, 0.29) is 11.3 Å². The second-order valence-corrected chi connectivity index (χ2v) is 6.57. The summed E-state index contributed by atoms with van der Waals surface area (Å²) in [6, 6.07) is 14.6. The number of anilines is 1. The molecule has 6 heteroatoms. The number of hydrogen-bond donors (Lipinski definition) is 1. The Balaban J connectivity index is 1.96. The van der Waals surface area contributed by atoms with Gasteiger partial charge in [-0.25, -0.2) is 9.69 Å². The molecular weight excluding hydrogens is 386 g/mol. The molecule has 2 amide bonds. The largest absolute Gasteiger partial charge is 0.478 e. The van der Waals surface area contributed by atoms with Gasteiger partial charge in [-0.2, -0.15) is 0 Å². The summed E-state index contributed by atoms with van der Waals surface area (Å²) in [5.74, 6) is -2.06. The van der Waals surface area contributed by atoms with Crippen LogP contribution in [0.5, 0.6) is 0 Å². The summed E-state index contributed by atoms with van der Waals surface area (Å²) in [6.07, 6.45) is 0. The number of carboxylic acids is 1. The number of benzene rings is 3. The van der Waals surface area contributed by atoms with Crippen molar-refractivity contribution in [3.63, 3.8) is 0 Å². The third kappa shape index (κ3) is 2.34. The van der Waals surface area contributed by atoms with Gasteiger partial charge < -0.3 is 5.11 Å². The van der Waals surface area contributed by atoms with E-state index in [2.05, 4.69) is 15.9 Å². The minimum absolute atomic E-state index is 0.0105. The molecule has 3 aromatic carbocycles. The maximum Gasteiger partial charge on any atom is 0.335 e. The first-order valence-corrected chi connectivity index (χ1v) is 8.21. The van der Waals surface area contributed by atoms with Crippen molar-refractivity contribution in [3.05, 3.63) is 75.8 Å². The standard InChI is InChI=1S/C19H10BrNO4/c20-12-7-10-3-2-6-14-16(10)15(9-12)18(23)21(17(14)22)13-5-1-4-11(8-13)19(24)25/h1-9H,(H,24,25). The van der Waals surface area contributed by atoms with Gasteiger partial charge in [-0.1, -0.05) is 34.1 Å². The van der Waals surface area contributed by atoms with Gasteiger partial charge in [-0.05, 0) is 41.8 Å². The number of halogens is 1. The Bertz CT molecular complexity index is 1090. The van der Waals surface area contributed by atoms with E-state index in [9.17, 15) is 14.4 Å². The topological polar surface area (TPSA) is 74.7 Å². The first-order chi connectivity index (χ1) is 12.0. The number of carbonyl (C=O) groups excluding carboxylic acids is 2. The second kappa shape index (κ2) is 5.53. The number of nitrogens with zero attached hydrogens (tertiary/aromatic N) is 1. The molecule has 0 aliphatic carbocycles. The zero-order chi connectivity index (χ0) is 17.7. The highest BCUT2D eigenvalue weighted by atomic mass is 79.9. The summed E-state index contributed by atoms with van der Waals surface area (Å²) in [5.41, 5.74) is 1.06. The highest BCUT2D eigenvalue weighted by Crippen LogP contribution is 2.35. The van der Waals surface area contributed by atoms with Gasteiger partial charge in [0.05, 0.1) is 16.8 Å². The van der Waals surface area contributed by atoms with Crippen LogP contribution in [0.3, 0.4) is 0 Å². The van der Waals surface area contributed by atoms with Crippen molar-refractivity contribution in [2.75, 3.05) is 4.90 Å². The summed E-state index contributed by atoms with van der Waals surface area (Å²) in [4.78, 5) is 38.1. The molecule has 4 rings (SSSR count). The normalized spacial score (nSPS) is 13.4. The van der Waals surface area contributed by atoms with E-state index in [4.69, 9.17) is 5.11 Å². The lowest BCUT2D eigenvalue weighted by Gasteiger charge is -2.27. The fourth-order valence-electron chi connectivity index (χ4n) is 3.08. The number of rotatable bonds is 2. The number of aromatic carboxylic acids is 1. The van der Waals surface area contributed by atoms with Crippen LogP contribution in [0.25, 0.3) is 10.8 Å². The Labute approximate surface area is 150 Å². The van der Waals surface area contributed by atoms with Crippen LogP contribution >= 0.6 is 15.9 Å². The SMILES string of the molecule is O=C(O)c1cccc(N2C(=O)c3cccc4cc(Br)cc(c34)C2=O)c1. The molecule has 0 atom stereocenters. The molecule has 0 fully saturated rings. The van der Waals surface area contributed by atoms with Gasteiger partial charge in [0.2, 0.25) is 0 Å². The molecule has 1 N–H and O–H groups in total. The third-order valence-electron chi connectivity index (χ3n) is 4.16. The zero-order valence-corrected chi connectivity index (χ0v) is 14.3. The van der Waals surface area contributed by atoms with Crippen LogP contribution in [0, 0.1) is 0 Å². The Hall–Kier alpha value is -2.99. The maximum atomic E-state index is 13.0. The van der Waals surface area contributed by atoms with Crippen molar-refractivity contribution in [3.8, 4) is 0 Å². The van der Waals surface area contributed by atoms with Gasteiger partial charge in [0.1, 0.15) is 0 Å². The zero-order valence-electron chi connectivity index (χ0n) is 12.7. The molecule has 0 unspecified atom stereocenters. The van der Waals surface area contributed by atoms with Gasteiger partial charge in [0.15, 0.2) is 0 Å². The summed E-state index contributed by atoms with van der Waals surface area (Å²) >= 11 is 3.39. The lowest BCUT2D eigenvalue weighted by Crippen LogP contribution is -2.40. The van der Waals surface area contributed by atoms with Crippen LogP contribution in [-0.4, -0.2) is 22.9 Å². The molecule has 122 valence electrons. The monoisotopic (exact) mass is 395 g/mol. The van der Waals surface area contributed by atoms with E-state index in [1.54, 1.807) is 24.3 Å². The minimum atomic E-state index is -1.12. The molecule has 1 aliphatic heterocycles. The predicted octanol–water partition coefficient (Wildman–Crippen LogP) is 4.10. The highest BCUT2D eigenvalue weighted by molar-refractivity contribution is 9.10. The molecule has 1 heterocycles. The molecule has 0 saturated carbocycles. The van der Waals surface area contributed by atoms with Crippen LogP contribution < -0.4 is 4.90 Å². The van der Waals surface area contributed by atoms with E-state index in [0.29, 0.717) is 16.5 Å². The van der Waals surface area contributed by atoms with Crippen molar-refractivity contribution in [1.29, 1.82) is 0 Å². The average molecular weight is 396 g/mol. The smallest absolute Gasteiger partial charge is 0.335 e. The van der Waals surface area contributed by atoms with Crippen LogP contribution in [-0.2, 0) is 0 Å². The number of imide groups is 1. The van der Waals surface area contributed by atoms with Gasteiger partial charge in [0.25, 0.3) is 11.8 Å². The Kier molecular flexibility index (Phi) is 3.43. The molecule has 3 aromatic rings. The molecule has 0 spiro atoms. The predicted molar refractivity (Wildman–Crippen MR) is 96.2 cm³/mol. The van der Waals surface area contributed by atoms with Crippen molar-refractivity contribution in [2.24, 2.45) is 0 Å². The number of carbonyl (C=O) groups is 3. The van der Waals surface area contributed by atoms with Gasteiger partial charge in [-0.15, -0.1) is 0 Å². The third-order valence-corrected chi connectivity index (χ3v) is 4.62. The first kappa shape index (κ1) is 15.5. The van der Waals surface area contributed by atoms with E-state index in [1.165, 1.54) is 18.2 Å². The minimum Gasteiger partial charge on any atom is -0.478 e. The van der Waals surface area contributed by atoms with Gasteiger partial charge in [-0.3, -0.25) is 9.59 Å². The fraction of sp³-hybridized carbons (Fsp3) is 0. The Morgan fingerprint density at radius 2 is 1.64 bits per heavy atom. The van der Waals surface area contributed by atoms with Crippen molar-refractivity contribution < 1.29 is 19.5 Å². The van der Waals surface area contributed by atoms with Crippen LogP contribution in [0.15, 0.2) is 59.1 Å². The van der Waals surface area contributed by atoms with Crippen molar-refractivity contribution in [2.45, 2.75) is 0 Å². The van der Waals surface area contributed by atoms with E-state index >= 15 is 0 Å². The second-order valence-electron chi connectivity index (χ2n) is 5.66. The summed E-state index contributed by atoms with van der Waals surface area (Å²) in [7, 11) is 0. The molecular formula is C19H10BrNO4. The number of carboxylic acid groups (broad SMARTS) is 1. The quantitative estimate of drug-likeness (QED) is 0.662. The fourth-order valence-corrected chi connectivity index (χ4v) is 3.56. The van der Waals surface area contributed by atoms with E-state index in [1.807, 2.05) is 12.1 Å². The molecule has 0 saturated heterocycles. The molecule has 25 heavy (non-hydrogen) atoms. The molecule has 0 radical (unpaired) electrons. The summed E-state index contributed by atoms with van der Waals surface area (Å²) < 4.78 is 0.731. The molecule has 5 nitrogen and oxygen atoms in total. The van der Waals surface area contributed by atoms with Crippen LogP contribution in [0.4, 0.5) is 5.69 Å².